The van der Waals surface area contributed by atoms with Gasteiger partial charge in [0.25, 0.3) is 0 Å². The van der Waals surface area contributed by atoms with E-state index in [2.05, 4.69) is 154 Å². The van der Waals surface area contributed by atoms with Gasteiger partial charge in [0, 0.05) is 207 Å². The first-order valence-electron chi connectivity index (χ1n) is 39.2. The van der Waals surface area contributed by atoms with E-state index in [9.17, 15) is 26.4 Å². The quantitative estimate of drug-likeness (QED) is 0.0416. The average Bonchev–Trinajstić information content (AvgIpc) is 1.20. The number of rotatable bonds is 27. The van der Waals surface area contributed by atoms with Gasteiger partial charge < -0.3 is 102 Å². The summed E-state index contributed by atoms with van der Waals surface area (Å²) in [7, 11) is 17.6. The van der Waals surface area contributed by atoms with Gasteiger partial charge in [0.2, 0.25) is 21.8 Å². The third kappa shape index (κ3) is 69.8. The molecule has 8 aliphatic rings. The molecule has 0 aromatic heterocycles. The van der Waals surface area contributed by atoms with Crippen LogP contribution in [0.3, 0.4) is 0 Å². The first-order valence-corrected chi connectivity index (χ1v) is 46.9. The van der Waals surface area contributed by atoms with Gasteiger partial charge in [-0.25, -0.2) is 21.6 Å². The van der Waals surface area contributed by atoms with Gasteiger partial charge in [-0.3, -0.25) is 14.5 Å². The van der Waals surface area contributed by atoms with E-state index >= 15 is 0 Å². The van der Waals surface area contributed by atoms with Crippen molar-refractivity contribution in [2.75, 3.05) is 311 Å². The minimum Gasteiger partial charge on any atom is -0.383 e. The second-order valence-electron chi connectivity index (χ2n) is 26.9. The zero-order valence-electron chi connectivity index (χ0n) is 71.2. The van der Waals surface area contributed by atoms with E-state index < -0.39 is 19.9 Å². The maximum absolute atomic E-state index is 11.8. The van der Waals surface area contributed by atoms with Crippen LogP contribution >= 0.6 is 39.3 Å². The molecule has 8 fully saturated rings. The molecule has 2 aliphatic carbocycles. The van der Waals surface area contributed by atoms with Gasteiger partial charge in [-0.05, 0) is 179 Å². The summed E-state index contributed by atoms with van der Waals surface area (Å²) in [4.78, 5) is 38.4. The number of nitrogens with one attached hydrogen (secondary N) is 10. The van der Waals surface area contributed by atoms with Crippen molar-refractivity contribution >= 4 is 71.0 Å². The largest absolute Gasteiger partial charge is 0.383 e. The van der Waals surface area contributed by atoms with Gasteiger partial charge in [-0.1, -0.05) is 43.1 Å². The van der Waals surface area contributed by atoms with Crippen molar-refractivity contribution in [2.45, 2.75) is 153 Å². The predicted octanol–water partition coefficient (Wildman–Crippen LogP) is 2.57. The van der Waals surface area contributed by atoms with E-state index in [4.69, 9.17) is 24.7 Å². The molecule has 28 nitrogen and oxygen atoms in total. The molecule has 0 aromatic rings. The van der Waals surface area contributed by atoms with Crippen molar-refractivity contribution < 1.29 is 45.4 Å². The number of ether oxygens (including phenoxy) is 4. The number of alkyl halides is 2. The van der Waals surface area contributed by atoms with Crippen LogP contribution in [0.1, 0.15) is 111 Å². The highest BCUT2D eigenvalue weighted by atomic mass is 79.9. The molecule has 6 aliphatic heterocycles. The average molecular weight is 1670 g/mol. The number of methoxy groups -OCH3 is 3. The maximum Gasteiger partial charge on any atom is 0.236 e. The van der Waals surface area contributed by atoms with Gasteiger partial charge in [0.1, 0.15) is 9.84 Å². The molecule has 0 bridgehead atoms. The monoisotopic (exact) mass is 1670 g/mol. The van der Waals surface area contributed by atoms with Crippen molar-refractivity contribution in [3.05, 3.63) is 0 Å². The first kappa shape index (κ1) is 114. The van der Waals surface area contributed by atoms with Crippen molar-refractivity contribution in [2.24, 2.45) is 5.73 Å². The van der Waals surface area contributed by atoms with E-state index in [1.165, 1.54) is 90.4 Å². The summed E-state index contributed by atoms with van der Waals surface area (Å²) in [5.74, 6) is 2.90. The summed E-state index contributed by atoms with van der Waals surface area (Å²) in [6.45, 7) is 36.2. The number of hydrogen-bond acceptors (Lipinski definition) is 26. The molecule has 0 radical (unpaired) electrons. The fraction of sp³-hybridized carbons (Fsp3) is 0.973. The standard InChI is InChI=1S/C11H22N4O.C8H18N2O.C8H18N2.C7H15N3O.C7H16N2O2S.C7H17NO.C6H13NO2S.C5H12N2.C5H13N.C5H12O2.C2H6S.CH3Br.CH3Cl/c1-12-10-8-15(9-10)11(16)2-5-14-6-3-13-4-7-14;1-9-3-5-10(6-4-9)7-8-11-2;1-9-7-3-5-8(10-2)6-4-7;1-9-6-2-3-10(5-6)7(11)4-8;1-8-6-3-4-7(5-6)9-12(2,10)11;1-4-8(5-2)6-7-9-3;1-7-6-2-4-10(8,9)5-3-6;1-7-4-2-6-3-5-7;1-3-4-5-6-2;1-3-7-5-4-6-2;1-3-2;2*1-2/h10,12-13H,2-9H2,1H3;3-8H2,1-2H3;7-10H,3-6H2,1-2H3;6,9H,2-5,8H2,1H3;6-9H,3-5H2,1-2H3;4-7H2,1-3H3;6-7H,2-5H2,1H3;6H,2-5H2,1H3;6H,3-5H2,1-2H3;3-5H2,1-2H3;1-2H3;2*1H3. The summed E-state index contributed by atoms with van der Waals surface area (Å²) in [5, 5.41) is 28.8. The third-order valence-electron chi connectivity index (χ3n) is 18.8. The molecule has 12 N–H and O–H groups in total. The van der Waals surface area contributed by atoms with Crippen LogP contribution in [-0.2, 0) is 48.4 Å². The molecule has 6 heterocycles. The lowest BCUT2D eigenvalue weighted by atomic mass is 9.91. The Kier molecular flexibility index (Phi) is 86.6. The highest BCUT2D eigenvalue weighted by molar-refractivity contribution is 9.08. The van der Waals surface area contributed by atoms with Gasteiger partial charge in [0.05, 0.1) is 50.7 Å². The molecule has 106 heavy (non-hydrogen) atoms. The van der Waals surface area contributed by atoms with Crippen LogP contribution in [0.4, 0.5) is 0 Å². The van der Waals surface area contributed by atoms with E-state index in [0.29, 0.717) is 61.2 Å². The number of carbonyl (C=O) groups is 2. The summed E-state index contributed by atoms with van der Waals surface area (Å²) >= 11 is 9.33. The smallest absolute Gasteiger partial charge is 0.236 e. The van der Waals surface area contributed by atoms with Crippen LogP contribution in [0.15, 0.2) is 0 Å². The Labute approximate surface area is 669 Å². The van der Waals surface area contributed by atoms with Crippen molar-refractivity contribution in [1.82, 2.24) is 86.9 Å². The second kappa shape index (κ2) is 80.8. The van der Waals surface area contributed by atoms with Crippen LogP contribution in [0.2, 0.25) is 0 Å². The van der Waals surface area contributed by atoms with E-state index in [1.807, 2.05) is 65.4 Å². The van der Waals surface area contributed by atoms with Crippen molar-refractivity contribution in [3.63, 3.8) is 0 Å². The van der Waals surface area contributed by atoms with Crippen molar-refractivity contribution in [1.29, 1.82) is 0 Å². The minimum absolute atomic E-state index is 0.0581. The Balaban J connectivity index is -0.000000356. The highest BCUT2D eigenvalue weighted by Crippen LogP contribution is 2.20. The number of nitrogens with zero attached hydrogens (tertiary/aromatic N) is 7. The minimum atomic E-state index is -3.02. The second-order valence-corrected chi connectivity index (χ2v) is 31.8. The Hall–Kier alpha value is -0.840. The van der Waals surface area contributed by atoms with Gasteiger partial charge >= 0.3 is 0 Å². The number of sulfonamides is 1. The van der Waals surface area contributed by atoms with Gasteiger partial charge in [-0.2, -0.15) is 11.8 Å². The molecule has 3 unspecified atom stereocenters. The molecule has 6 saturated heterocycles. The van der Waals surface area contributed by atoms with Crippen LogP contribution in [0.25, 0.3) is 0 Å². The molecular weight excluding hydrogens is 1500 g/mol. The van der Waals surface area contributed by atoms with Crippen LogP contribution < -0.4 is 58.3 Å². The number of likely N-dealkylation sites (tertiary alicyclic amines) is 2. The molecule has 2 amide bonds. The lowest BCUT2D eigenvalue weighted by molar-refractivity contribution is -0.136. The molecule has 0 aromatic carbocycles. The first-order chi connectivity index (χ1) is 50.9. The fourth-order valence-corrected chi connectivity index (χ4v) is 13.8. The molecule has 8 rings (SSSR count). The van der Waals surface area contributed by atoms with E-state index in [-0.39, 0.29) is 18.5 Å². The summed E-state index contributed by atoms with van der Waals surface area (Å²) in [6, 6.07) is 3.58. The summed E-state index contributed by atoms with van der Waals surface area (Å²) in [5.41, 5.74) is 5.23. The van der Waals surface area contributed by atoms with Crippen LogP contribution in [0.5, 0.6) is 0 Å². The lowest BCUT2D eigenvalue weighted by Gasteiger charge is -2.39. The molecule has 0 spiro atoms. The number of hydrogen-bond donors (Lipinski definition) is 11. The number of halogens is 2. The number of likely N-dealkylation sites (N-methyl/N-ethyl adjacent to an activating group) is 5. The zero-order valence-corrected chi connectivity index (χ0v) is 76.0. The SMILES string of the molecule is CBr.CCCCNC.CCN(CC)CCOC.CCOCCOC.CCl.CN1CCNCC1.CNC1CCC(NC)CC1.CNC1CCC(NS(C)(=O)=O)C1.CNC1CCN(C(=O)CN)C1.CNC1CCS(=O)(=O)CC1.CNC1CN(C(=O)CCN2CCNCC2)C1.COCCN1CCN(C)CC1.CSC. The van der Waals surface area contributed by atoms with Gasteiger partial charge in [0.15, 0.2) is 0 Å². The Bertz CT molecular complexity index is 2040. The summed E-state index contributed by atoms with van der Waals surface area (Å²) in [6.07, 6.45) is 20.9. The molecule has 33 heteroatoms. The molecule has 2 saturated carbocycles. The Morgan fingerprint density at radius 1 is 0.566 bits per heavy atom. The lowest BCUT2D eigenvalue weighted by Crippen LogP contribution is -2.59. The molecule has 3 atom stereocenters. The van der Waals surface area contributed by atoms with Gasteiger partial charge in [-0.15, -0.1) is 11.6 Å². The normalized spacial score (nSPS) is 21.5. The number of carbonyl (C=O) groups excluding carboxylic acids is 2. The zero-order chi connectivity index (χ0) is 81.2. The topological polar surface area (TPSA) is 308 Å². The number of nitrogens with two attached hydrogens (primary N) is 1. The fourth-order valence-electron chi connectivity index (χ4n) is 11.5. The Morgan fingerprint density at radius 2 is 1.00 bits per heavy atom. The van der Waals surface area contributed by atoms with E-state index in [0.717, 1.165) is 175 Å². The van der Waals surface area contributed by atoms with Crippen LogP contribution in [0, 0.1) is 0 Å². The molecule has 642 valence electrons. The Morgan fingerprint density at radius 3 is 1.38 bits per heavy atom. The highest BCUT2D eigenvalue weighted by Gasteiger charge is 2.30. The van der Waals surface area contributed by atoms with Crippen LogP contribution in [-0.4, -0.2) is 416 Å². The number of piperazine rings is 3. The maximum atomic E-state index is 11.8. The predicted molar refractivity (Wildman–Crippen MR) is 459 cm³/mol. The summed E-state index contributed by atoms with van der Waals surface area (Å²) < 4.78 is 65.7. The number of thioether (sulfide) groups is 1. The number of amides is 2. The molecular formula is C73H168BrClN18O10S3. The van der Waals surface area contributed by atoms with E-state index in [1.54, 1.807) is 38.0 Å². The third-order valence-corrected chi connectivity index (χ3v) is 21.3. The number of sulfone groups is 1. The van der Waals surface area contributed by atoms with Crippen molar-refractivity contribution in [3.8, 4) is 0 Å². The number of unbranched alkanes of at least 4 members (excludes halogenated alkanes) is 1.